The summed E-state index contributed by atoms with van der Waals surface area (Å²) < 4.78 is 0. The van der Waals surface area contributed by atoms with E-state index in [-0.39, 0.29) is 71.3 Å². The molecule has 3 fully saturated rings. The van der Waals surface area contributed by atoms with Crippen molar-refractivity contribution >= 4 is 106 Å². The number of hydrogen-bond acceptors (Lipinski definition) is 18. The number of amides is 12. The van der Waals surface area contributed by atoms with E-state index in [4.69, 9.17) is 14.5 Å². The highest BCUT2D eigenvalue weighted by Crippen LogP contribution is 2.31. The fourth-order valence-electron chi connectivity index (χ4n) is 6.29. The maximum absolute atomic E-state index is 12.6. The zero-order chi connectivity index (χ0) is 45.4. The van der Waals surface area contributed by atoms with Gasteiger partial charge in [-0.25, -0.2) is 29.1 Å². The smallest absolute Gasteiger partial charge is 0.325 e. The molecule has 318 valence electrons. The highest BCUT2D eigenvalue weighted by Gasteiger charge is 2.38. The zero-order valence-corrected chi connectivity index (χ0v) is 31.7. The lowest BCUT2D eigenvalue weighted by molar-refractivity contribution is -0.173. The molecule has 8 rings (SSSR count). The van der Waals surface area contributed by atoms with Crippen LogP contribution in [0, 0.1) is 0 Å². The van der Waals surface area contributed by atoms with Gasteiger partial charge in [0.2, 0.25) is 0 Å². The predicted octanol–water partition coefficient (Wildman–Crippen LogP) is -0.676. The molecule has 0 bridgehead atoms. The van der Waals surface area contributed by atoms with E-state index >= 15 is 0 Å². The largest absolute Gasteiger partial charge is 0.364 e. The minimum atomic E-state index is -1.24. The summed E-state index contributed by atoms with van der Waals surface area (Å²) in [5, 5.41) is 0.890. The van der Waals surface area contributed by atoms with E-state index in [9.17, 15) is 71.9 Å². The lowest BCUT2D eigenvalue weighted by atomic mass is 10.1. The van der Waals surface area contributed by atoms with Crippen LogP contribution in [0.25, 0.3) is 0 Å². The van der Waals surface area contributed by atoms with Gasteiger partial charge in [0.1, 0.15) is 0 Å². The van der Waals surface area contributed by atoms with Gasteiger partial charge in [-0.05, 0) is 36.4 Å². The van der Waals surface area contributed by atoms with Gasteiger partial charge in [-0.15, -0.1) is 15.2 Å². The Bertz CT molecular complexity index is 2470. The van der Waals surface area contributed by atoms with Crippen molar-refractivity contribution in [3.05, 3.63) is 89.5 Å². The summed E-state index contributed by atoms with van der Waals surface area (Å²) in [7, 11) is 0. The van der Waals surface area contributed by atoms with Crippen molar-refractivity contribution in [1.82, 2.24) is 15.2 Å². The third kappa shape index (κ3) is 8.25. The summed E-state index contributed by atoms with van der Waals surface area (Å²) in [5.74, 6) is -12.3. The standard InChI is InChI=1S/C20H13N3O10.C19H11N3O8/c24-13-1-2-14(25)21(13)12-8-10(19(30)32-22-15(26)3-4-16(22)27)7-11(9-12)20(31)33-23-17(28)5-6-18(23)29;23-13-1-2-14(24)20(13)11-7-10(19(29)30-22-17(27)5-6-18(22)28)8-12(9-11)21-15(25)3-4-16(21)26/h1-2,7-9H,3-6H2;1-4,7-9H,5-6H2. The third-order valence-electron chi connectivity index (χ3n) is 9.27. The third-order valence-corrected chi connectivity index (χ3v) is 9.27. The molecule has 6 heterocycles. The molecule has 0 N–H and O–H groups in total. The van der Waals surface area contributed by atoms with Gasteiger partial charge in [0.15, 0.2) is 0 Å². The maximum Gasteiger partial charge on any atom is 0.364 e. The fraction of sp³-hybridized carbons (Fsp3) is 0.154. The fourth-order valence-corrected chi connectivity index (χ4v) is 6.29. The van der Waals surface area contributed by atoms with Gasteiger partial charge in [0.25, 0.3) is 70.9 Å². The Kier molecular flexibility index (Phi) is 11.0. The number of nitrogens with zero attached hydrogens (tertiary/aromatic N) is 6. The quantitative estimate of drug-likeness (QED) is 0.282. The normalized spacial score (nSPS) is 18.3. The monoisotopic (exact) mass is 864 g/mol. The first-order valence-electron chi connectivity index (χ1n) is 18.1. The summed E-state index contributed by atoms with van der Waals surface area (Å²) in [6.07, 6.45) is 5.19. The average Bonchev–Trinajstić information content (AvgIpc) is 4.09. The molecular weight excluding hydrogens is 840 g/mol. The van der Waals surface area contributed by atoms with Gasteiger partial charge in [-0.2, -0.15) is 0 Å². The molecule has 24 nitrogen and oxygen atoms in total. The minimum absolute atomic E-state index is 0.106. The molecule has 0 spiro atoms. The number of benzene rings is 2. The van der Waals surface area contributed by atoms with Crippen molar-refractivity contribution in [2.75, 3.05) is 14.7 Å². The first kappa shape index (κ1) is 42.0. The van der Waals surface area contributed by atoms with E-state index in [0.29, 0.717) is 9.96 Å². The van der Waals surface area contributed by atoms with Crippen LogP contribution >= 0.6 is 0 Å². The van der Waals surface area contributed by atoms with Crippen LogP contribution in [0.2, 0.25) is 0 Å². The second-order valence-electron chi connectivity index (χ2n) is 13.4. The van der Waals surface area contributed by atoms with Crippen molar-refractivity contribution in [3.8, 4) is 0 Å². The van der Waals surface area contributed by atoms with Crippen molar-refractivity contribution in [1.29, 1.82) is 0 Å². The summed E-state index contributed by atoms with van der Waals surface area (Å²) in [5.41, 5.74) is -1.57. The molecule has 24 heteroatoms. The topological polar surface area (TPSA) is 303 Å². The van der Waals surface area contributed by atoms with E-state index < -0.39 is 99.9 Å². The van der Waals surface area contributed by atoms with Crippen LogP contribution in [0.15, 0.2) is 72.9 Å². The summed E-state index contributed by atoms with van der Waals surface area (Å²) in [6.45, 7) is 0. The van der Waals surface area contributed by atoms with Crippen molar-refractivity contribution in [2.45, 2.75) is 38.5 Å². The zero-order valence-electron chi connectivity index (χ0n) is 31.7. The SMILES string of the molecule is O=C(ON1C(=O)CCC1=O)c1cc(C(=O)ON2C(=O)CCC2=O)cc(N2C(=O)C=CC2=O)c1.O=C(ON1C(=O)CCC1=O)c1cc(N2C(=O)C=CC2=O)cc(N2C(=O)C=CC2=O)c1. The molecule has 0 saturated carbocycles. The predicted molar refractivity (Wildman–Crippen MR) is 197 cm³/mol. The van der Waals surface area contributed by atoms with Crippen LogP contribution < -0.4 is 14.7 Å². The van der Waals surface area contributed by atoms with E-state index in [1.807, 2.05) is 0 Å². The Balaban J connectivity index is 0.000000190. The van der Waals surface area contributed by atoms with Crippen LogP contribution in [0.3, 0.4) is 0 Å². The molecule has 3 saturated heterocycles. The number of carbonyl (C=O) groups excluding carboxylic acids is 15. The van der Waals surface area contributed by atoms with Crippen LogP contribution in [-0.2, 0) is 72.0 Å². The van der Waals surface area contributed by atoms with Gasteiger partial charge in [-0.1, -0.05) is 0 Å². The Hall–Kier alpha value is -9.09. The van der Waals surface area contributed by atoms with Crippen LogP contribution in [0.1, 0.15) is 69.6 Å². The number of carbonyl (C=O) groups is 15. The number of imide groups is 6. The first-order valence-corrected chi connectivity index (χ1v) is 18.1. The van der Waals surface area contributed by atoms with Gasteiger partial charge in [0, 0.05) is 75.0 Å². The molecule has 6 aliphatic heterocycles. The summed E-state index contributed by atoms with van der Waals surface area (Å²) in [4.78, 5) is 197. The molecule has 6 aliphatic rings. The van der Waals surface area contributed by atoms with Crippen molar-refractivity contribution in [2.24, 2.45) is 0 Å². The molecule has 12 amide bonds. The first-order chi connectivity index (χ1) is 29.9. The molecule has 63 heavy (non-hydrogen) atoms. The molecular formula is C39H24N6O18. The molecule has 0 unspecified atom stereocenters. The molecule has 0 aromatic heterocycles. The van der Waals surface area contributed by atoms with Gasteiger partial charge < -0.3 is 14.5 Å². The molecule has 2 aromatic carbocycles. The maximum atomic E-state index is 12.6. The second-order valence-corrected chi connectivity index (χ2v) is 13.4. The summed E-state index contributed by atoms with van der Waals surface area (Å²) in [6, 6.07) is 6.41. The van der Waals surface area contributed by atoms with E-state index in [1.165, 1.54) is 6.07 Å². The molecule has 2 aromatic rings. The highest BCUT2D eigenvalue weighted by atomic mass is 16.7. The Morgan fingerprint density at radius 1 is 0.317 bits per heavy atom. The van der Waals surface area contributed by atoms with E-state index in [0.717, 1.165) is 76.6 Å². The second kappa shape index (κ2) is 16.5. The Morgan fingerprint density at radius 2 is 0.524 bits per heavy atom. The summed E-state index contributed by atoms with van der Waals surface area (Å²) >= 11 is 0. The average molecular weight is 865 g/mol. The minimum Gasteiger partial charge on any atom is -0.325 e. The lowest BCUT2D eigenvalue weighted by Crippen LogP contribution is -2.34. The van der Waals surface area contributed by atoms with E-state index in [2.05, 4.69) is 0 Å². The van der Waals surface area contributed by atoms with Gasteiger partial charge in [-0.3, -0.25) is 57.5 Å². The van der Waals surface area contributed by atoms with Crippen molar-refractivity contribution in [3.63, 3.8) is 0 Å². The highest BCUT2D eigenvalue weighted by molar-refractivity contribution is 6.31. The van der Waals surface area contributed by atoms with Crippen LogP contribution in [0.5, 0.6) is 0 Å². The molecule has 0 radical (unpaired) electrons. The Labute approximate surface area is 349 Å². The van der Waals surface area contributed by atoms with Gasteiger partial charge >= 0.3 is 17.9 Å². The van der Waals surface area contributed by atoms with Gasteiger partial charge in [0.05, 0.1) is 33.8 Å². The van der Waals surface area contributed by atoms with E-state index in [1.54, 1.807) is 0 Å². The number of hydrogen-bond donors (Lipinski definition) is 0. The number of rotatable bonds is 9. The number of anilines is 3. The lowest BCUT2D eigenvalue weighted by Gasteiger charge is -2.20. The van der Waals surface area contributed by atoms with Crippen LogP contribution in [0.4, 0.5) is 17.1 Å². The molecule has 0 aliphatic carbocycles. The van der Waals surface area contributed by atoms with Crippen molar-refractivity contribution < 1.29 is 86.4 Å². The Morgan fingerprint density at radius 3 is 0.762 bits per heavy atom. The number of hydroxylamine groups is 6. The molecule has 0 atom stereocenters. The van der Waals surface area contributed by atoms with Crippen LogP contribution in [-0.4, -0.2) is 104 Å².